The van der Waals surface area contributed by atoms with Crippen molar-refractivity contribution in [2.75, 3.05) is 14.2 Å². The van der Waals surface area contributed by atoms with Crippen LogP contribution >= 0.6 is 0 Å². The Kier molecular flexibility index (Phi) is 6.16. The first kappa shape index (κ1) is 20.4. The summed E-state index contributed by atoms with van der Waals surface area (Å²) in [6.07, 6.45) is 0.538. The molecule has 0 aliphatic carbocycles. The molecule has 1 atom stereocenters. The molecule has 2 aromatic carbocycles. The van der Waals surface area contributed by atoms with Crippen molar-refractivity contribution in [1.29, 1.82) is 0 Å². The average molecular weight is 396 g/mol. The van der Waals surface area contributed by atoms with Gasteiger partial charge in [-0.15, -0.1) is 0 Å². The summed E-state index contributed by atoms with van der Waals surface area (Å²) >= 11 is 0. The molecular weight excluding hydrogens is 372 g/mol. The van der Waals surface area contributed by atoms with E-state index >= 15 is 0 Å². The molecule has 152 valence electrons. The predicted octanol–water partition coefficient (Wildman–Crippen LogP) is 2.84. The first-order chi connectivity index (χ1) is 13.9. The van der Waals surface area contributed by atoms with Crippen LogP contribution < -0.4 is 14.8 Å². The van der Waals surface area contributed by atoms with Gasteiger partial charge in [-0.05, 0) is 42.8 Å². The zero-order valence-corrected chi connectivity index (χ0v) is 16.7. The van der Waals surface area contributed by atoms with Crippen LogP contribution in [-0.4, -0.2) is 36.8 Å². The number of hydrogen-bond acceptors (Lipinski definition) is 5. The molecule has 1 unspecified atom stereocenters. The topological polar surface area (TPSA) is 84.9 Å². The quantitative estimate of drug-likeness (QED) is 0.728. The zero-order chi connectivity index (χ0) is 21.0. The highest BCUT2D eigenvalue weighted by Crippen LogP contribution is 2.29. The Morgan fingerprint density at radius 2 is 1.69 bits per heavy atom. The van der Waals surface area contributed by atoms with Crippen molar-refractivity contribution in [3.05, 3.63) is 59.2 Å². The highest BCUT2D eigenvalue weighted by molar-refractivity contribution is 6.01. The first-order valence-electron chi connectivity index (χ1n) is 9.38. The average Bonchev–Trinajstić information content (AvgIpc) is 3.05. The van der Waals surface area contributed by atoms with Crippen molar-refractivity contribution in [3.63, 3.8) is 0 Å². The van der Waals surface area contributed by atoms with E-state index in [0.29, 0.717) is 17.1 Å². The van der Waals surface area contributed by atoms with Crippen LogP contribution in [0.15, 0.2) is 42.5 Å². The number of carbonyl (C=O) groups is 3. The van der Waals surface area contributed by atoms with Crippen LogP contribution in [-0.2, 0) is 16.1 Å². The Morgan fingerprint density at radius 3 is 2.28 bits per heavy atom. The number of likely N-dealkylation sites (tertiary alicyclic amines) is 1. The van der Waals surface area contributed by atoms with Gasteiger partial charge in [0.25, 0.3) is 5.91 Å². The van der Waals surface area contributed by atoms with E-state index in [1.165, 1.54) is 4.90 Å². The number of benzene rings is 2. The van der Waals surface area contributed by atoms with Crippen molar-refractivity contribution < 1.29 is 23.9 Å². The summed E-state index contributed by atoms with van der Waals surface area (Å²) < 4.78 is 10.6. The number of ether oxygens (including phenoxy) is 2. The minimum Gasteiger partial charge on any atom is -0.497 e. The van der Waals surface area contributed by atoms with Crippen LogP contribution in [0.25, 0.3) is 0 Å². The van der Waals surface area contributed by atoms with Gasteiger partial charge in [-0.25, -0.2) is 0 Å². The summed E-state index contributed by atoms with van der Waals surface area (Å²) in [4.78, 5) is 37.4. The number of methoxy groups -OCH3 is 2. The van der Waals surface area contributed by atoms with Crippen LogP contribution in [0, 0.1) is 0 Å². The molecular formula is C22H24N2O5. The van der Waals surface area contributed by atoms with Gasteiger partial charge < -0.3 is 14.8 Å². The maximum absolute atomic E-state index is 12.6. The fourth-order valence-corrected chi connectivity index (χ4v) is 3.28. The summed E-state index contributed by atoms with van der Waals surface area (Å²) in [5, 5.41) is 2.95. The van der Waals surface area contributed by atoms with Gasteiger partial charge in [-0.1, -0.05) is 12.1 Å². The van der Waals surface area contributed by atoms with Gasteiger partial charge >= 0.3 is 0 Å². The molecule has 3 amide bonds. The predicted molar refractivity (Wildman–Crippen MR) is 107 cm³/mol. The zero-order valence-electron chi connectivity index (χ0n) is 16.7. The molecule has 1 saturated heterocycles. The normalized spacial score (nSPS) is 14.7. The van der Waals surface area contributed by atoms with Gasteiger partial charge in [0.05, 0.1) is 26.8 Å². The second-order valence-electron chi connectivity index (χ2n) is 6.87. The van der Waals surface area contributed by atoms with Crippen LogP contribution in [0.5, 0.6) is 11.5 Å². The second kappa shape index (κ2) is 8.77. The lowest BCUT2D eigenvalue weighted by molar-refractivity contribution is -0.139. The van der Waals surface area contributed by atoms with Crippen molar-refractivity contribution in [2.45, 2.75) is 32.4 Å². The molecule has 1 fully saturated rings. The molecule has 0 bridgehead atoms. The van der Waals surface area contributed by atoms with Crippen molar-refractivity contribution in [2.24, 2.45) is 0 Å². The van der Waals surface area contributed by atoms with Crippen LogP contribution in [0.3, 0.4) is 0 Å². The third-order valence-corrected chi connectivity index (χ3v) is 4.96. The van der Waals surface area contributed by atoms with Gasteiger partial charge in [0, 0.05) is 24.0 Å². The van der Waals surface area contributed by atoms with Crippen molar-refractivity contribution in [3.8, 4) is 11.5 Å². The highest BCUT2D eigenvalue weighted by Gasteiger charge is 2.28. The van der Waals surface area contributed by atoms with Crippen molar-refractivity contribution >= 4 is 17.7 Å². The lowest BCUT2D eigenvalue weighted by Crippen LogP contribution is -2.28. The second-order valence-corrected chi connectivity index (χ2v) is 6.87. The molecule has 1 heterocycles. The maximum atomic E-state index is 12.6. The number of imide groups is 1. The molecule has 1 aliphatic heterocycles. The van der Waals surface area contributed by atoms with E-state index in [-0.39, 0.29) is 43.1 Å². The van der Waals surface area contributed by atoms with E-state index in [1.54, 1.807) is 50.6 Å². The molecule has 7 nitrogen and oxygen atoms in total. The number of nitrogens with one attached hydrogen (secondary N) is 1. The van der Waals surface area contributed by atoms with E-state index in [2.05, 4.69) is 5.32 Å². The summed E-state index contributed by atoms with van der Waals surface area (Å²) in [6, 6.07) is 12.0. The number of nitrogens with zero attached hydrogens (tertiary/aromatic N) is 1. The summed E-state index contributed by atoms with van der Waals surface area (Å²) in [5.41, 5.74) is 2.09. The molecule has 7 heteroatoms. The molecule has 0 radical (unpaired) electrons. The SMILES string of the molecule is COc1ccc(OC)c(C(C)NC(=O)c2ccc(CN3C(=O)CCC3=O)cc2)c1. The number of hydrogen-bond donors (Lipinski definition) is 1. The van der Waals surface area contributed by atoms with Crippen LogP contribution in [0.1, 0.15) is 47.3 Å². The first-order valence-corrected chi connectivity index (χ1v) is 9.38. The molecule has 0 spiro atoms. The summed E-state index contributed by atoms with van der Waals surface area (Å²) in [6.45, 7) is 2.10. The Labute approximate surface area is 169 Å². The summed E-state index contributed by atoms with van der Waals surface area (Å²) in [7, 11) is 3.16. The molecule has 0 saturated carbocycles. The van der Waals surface area contributed by atoms with Gasteiger partial charge in [0.15, 0.2) is 0 Å². The van der Waals surface area contributed by atoms with Gasteiger partial charge in [0.1, 0.15) is 11.5 Å². The minimum atomic E-state index is -0.299. The summed E-state index contributed by atoms with van der Waals surface area (Å²) in [5.74, 6) is 0.796. The largest absolute Gasteiger partial charge is 0.497 e. The van der Waals surface area contributed by atoms with E-state index in [4.69, 9.17) is 9.47 Å². The monoisotopic (exact) mass is 396 g/mol. The van der Waals surface area contributed by atoms with Gasteiger partial charge in [-0.2, -0.15) is 0 Å². The van der Waals surface area contributed by atoms with E-state index in [0.717, 1.165) is 11.1 Å². The van der Waals surface area contributed by atoms with Gasteiger partial charge in [0.2, 0.25) is 11.8 Å². The van der Waals surface area contributed by atoms with Crippen LogP contribution in [0.2, 0.25) is 0 Å². The molecule has 0 aromatic heterocycles. The smallest absolute Gasteiger partial charge is 0.251 e. The number of amides is 3. The number of rotatable bonds is 7. The Morgan fingerprint density at radius 1 is 1.03 bits per heavy atom. The number of carbonyl (C=O) groups excluding carboxylic acids is 3. The third kappa shape index (κ3) is 4.56. The highest BCUT2D eigenvalue weighted by atomic mass is 16.5. The van der Waals surface area contributed by atoms with E-state index < -0.39 is 0 Å². The van der Waals surface area contributed by atoms with Crippen molar-refractivity contribution in [1.82, 2.24) is 10.2 Å². The Balaban J connectivity index is 1.68. The van der Waals surface area contributed by atoms with Gasteiger partial charge in [-0.3, -0.25) is 19.3 Å². The lowest BCUT2D eigenvalue weighted by atomic mass is 10.1. The minimum absolute atomic E-state index is 0.155. The Bertz CT molecular complexity index is 907. The molecule has 3 rings (SSSR count). The third-order valence-electron chi connectivity index (χ3n) is 4.96. The molecule has 29 heavy (non-hydrogen) atoms. The van der Waals surface area contributed by atoms with E-state index in [9.17, 15) is 14.4 Å². The molecule has 1 N–H and O–H groups in total. The van der Waals surface area contributed by atoms with Crippen LogP contribution in [0.4, 0.5) is 0 Å². The lowest BCUT2D eigenvalue weighted by Gasteiger charge is -2.18. The fourth-order valence-electron chi connectivity index (χ4n) is 3.28. The fraction of sp³-hybridized carbons (Fsp3) is 0.318. The standard InChI is InChI=1S/C22H24N2O5/c1-14(18-12-17(28-2)8-9-19(18)29-3)23-22(27)16-6-4-15(5-7-16)13-24-20(25)10-11-21(24)26/h4-9,12,14H,10-11,13H2,1-3H3,(H,23,27). The maximum Gasteiger partial charge on any atom is 0.251 e. The molecule has 2 aromatic rings. The Hall–Kier alpha value is -3.35. The molecule has 1 aliphatic rings. The van der Waals surface area contributed by atoms with E-state index in [1.807, 2.05) is 13.0 Å².